The van der Waals surface area contributed by atoms with Crippen LogP contribution in [0.15, 0.2) is 36.5 Å². The summed E-state index contributed by atoms with van der Waals surface area (Å²) in [5.74, 6) is 0.464. The first-order chi connectivity index (χ1) is 13.9. The van der Waals surface area contributed by atoms with Gasteiger partial charge in [0.15, 0.2) is 0 Å². The zero-order valence-corrected chi connectivity index (χ0v) is 17.4. The van der Waals surface area contributed by atoms with Crippen molar-refractivity contribution in [1.29, 1.82) is 0 Å². The van der Waals surface area contributed by atoms with E-state index in [1.54, 1.807) is 19.4 Å². The molecule has 3 rings (SSSR count). The van der Waals surface area contributed by atoms with Crippen LogP contribution in [0.2, 0.25) is 5.02 Å². The van der Waals surface area contributed by atoms with Crippen molar-refractivity contribution in [1.82, 2.24) is 20.9 Å². The highest BCUT2D eigenvalue weighted by molar-refractivity contribution is 6.31. The van der Waals surface area contributed by atoms with Gasteiger partial charge in [0.2, 0.25) is 11.8 Å². The summed E-state index contributed by atoms with van der Waals surface area (Å²) in [5, 5.41) is 9.75. The Morgan fingerprint density at radius 2 is 2.14 bits per heavy atom. The smallest absolute Gasteiger partial charge is 0.223 e. The molecule has 0 saturated carbocycles. The molecule has 2 atom stereocenters. The van der Waals surface area contributed by atoms with Gasteiger partial charge in [-0.3, -0.25) is 19.9 Å². The fourth-order valence-electron chi connectivity index (χ4n) is 3.10. The summed E-state index contributed by atoms with van der Waals surface area (Å²) in [6.45, 7) is 4.08. The van der Waals surface area contributed by atoms with Crippen molar-refractivity contribution in [2.45, 2.75) is 39.0 Å². The van der Waals surface area contributed by atoms with Crippen LogP contribution in [0.4, 0.5) is 0 Å². The first-order valence-electron chi connectivity index (χ1n) is 9.48. The van der Waals surface area contributed by atoms with E-state index in [0.717, 1.165) is 16.8 Å². The minimum Gasteiger partial charge on any atom is -0.495 e. The molecule has 2 amide bonds. The van der Waals surface area contributed by atoms with Gasteiger partial charge in [-0.1, -0.05) is 31.5 Å². The van der Waals surface area contributed by atoms with E-state index in [1.165, 1.54) is 0 Å². The van der Waals surface area contributed by atoms with Gasteiger partial charge in [-0.2, -0.15) is 0 Å². The van der Waals surface area contributed by atoms with Crippen LogP contribution in [-0.4, -0.2) is 23.9 Å². The van der Waals surface area contributed by atoms with E-state index in [1.807, 2.05) is 38.1 Å². The molecule has 1 aromatic heterocycles. The lowest BCUT2D eigenvalue weighted by Crippen LogP contribution is -2.47. The first kappa shape index (κ1) is 21.1. The number of carbonyl (C=O) groups excluding carboxylic acids is 2. The number of amides is 2. The number of hydrogen-bond donors (Lipinski definition) is 3. The molecule has 0 aliphatic carbocycles. The molecule has 2 aromatic rings. The lowest BCUT2D eigenvalue weighted by Gasteiger charge is -2.32. The van der Waals surface area contributed by atoms with Gasteiger partial charge in [-0.05, 0) is 29.8 Å². The Balaban J connectivity index is 1.78. The largest absolute Gasteiger partial charge is 0.495 e. The van der Waals surface area contributed by atoms with E-state index in [9.17, 15) is 9.59 Å². The van der Waals surface area contributed by atoms with Crippen LogP contribution in [0.1, 0.15) is 49.3 Å². The summed E-state index contributed by atoms with van der Waals surface area (Å²) in [7, 11) is 1.58. The fraction of sp³-hybridized carbons (Fsp3) is 0.381. The van der Waals surface area contributed by atoms with Crippen molar-refractivity contribution in [3.8, 4) is 5.75 Å². The van der Waals surface area contributed by atoms with Gasteiger partial charge < -0.3 is 15.4 Å². The predicted molar refractivity (Wildman–Crippen MR) is 110 cm³/mol. The van der Waals surface area contributed by atoms with Gasteiger partial charge in [0, 0.05) is 29.5 Å². The topological polar surface area (TPSA) is 92.4 Å². The van der Waals surface area contributed by atoms with E-state index < -0.39 is 6.17 Å². The number of methoxy groups -OCH3 is 1. The Morgan fingerprint density at radius 3 is 2.79 bits per heavy atom. The number of carbonyl (C=O) groups is 2. The Bertz CT molecular complexity index is 886. The third-order valence-electron chi connectivity index (χ3n) is 4.78. The molecule has 0 bridgehead atoms. The van der Waals surface area contributed by atoms with Gasteiger partial charge in [-0.25, -0.2) is 0 Å². The molecule has 7 nitrogen and oxygen atoms in total. The summed E-state index contributed by atoms with van der Waals surface area (Å²) in [6.07, 6.45) is 1.44. The number of nitrogens with one attached hydrogen (secondary N) is 3. The van der Waals surface area contributed by atoms with Crippen molar-refractivity contribution in [2.24, 2.45) is 5.92 Å². The molecule has 2 heterocycles. The molecule has 3 N–H and O–H groups in total. The Morgan fingerprint density at radius 1 is 1.34 bits per heavy atom. The van der Waals surface area contributed by atoms with Crippen molar-refractivity contribution in [3.05, 3.63) is 58.4 Å². The molecule has 0 spiro atoms. The summed E-state index contributed by atoms with van der Waals surface area (Å²) in [4.78, 5) is 28.6. The number of aromatic nitrogens is 1. The van der Waals surface area contributed by atoms with E-state index in [0.29, 0.717) is 17.3 Å². The number of rotatable bonds is 6. The Kier molecular flexibility index (Phi) is 6.71. The van der Waals surface area contributed by atoms with Gasteiger partial charge >= 0.3 is 0 Å². The molecule has 154 valence electrons. The number of pyridine rings is 1. The molecule has 1 saturated heterocycles. The van der Waals surface area contributed by atoms with Crippen molar-refractivity contribution in [2.75, 3.05) is 7.11 Å². The third-order valence-corrected chi connectivity index (χ3v) is 5.12. The maximum absolute atomic E-state index is 12.3. The second-order valence-electron chi connectivity index (χ2n) is 7.28. The van der Waals surface area contributed by atoms with Gasteiger partial charge in [-0.15, -0.1) is 0 Å². The van der Waals surface area contributed by atoms with E-state index in [2.05, 4.69) is 20.9 Å². The number of nitrogens with zero attached hydrogens (tertiary/aromatic N) is 1. The van der Waals surface area contributed by atoms with Crippen LogP contribution < -0.4 is 20.7 Å². The second-order valence-corrected chi connectivity index (χ2v) is 7.68. The van der Waals surface area contributed by atoms with E-state index >= 15 is 0 Å². The number of hydrogen-bond acceptors (Lipinski definition) is 5. The van der Waals surface area contributed by atoms with Gasteiger partial charge in [0.1, 0.15) is 11.9 Å². The summed E-state index contributed by atoms with van der Waals surface area (Å²) in [5.41, 5.74) is 2.40. The average Bonchev–Trinajstić information content (AvgIpc) is 2.72. The normalized spacial score (nSPS) is 19.0. The number of ether oxygens (including phenoxy) is 1. The molecule has 8 heteroatoms. The molecular weight excluding hydrogens is 392 g/mol. The summed E-state index contributed by atoms with van der Waals surface area (Å²) < 4.78 is 5.14. The van der Waals surface area contributed by atoms with Crippen LogP contribution >= 0.6 is 11.6 Å². The lowest BCUT2D eigenvalue weighted by atomic mass is 10.0. The quantitative estimate of drug-likeness (QED) is 0.673. The van der Waals surface area contributed by atoms with Crippen molar-refractivity contribution in [3.63, 3.8) is 0 Å². The summed E-state index contributed by atoms with van der Waals surface area (Å²) in [6, 6.07) is 8.93. The first-order valence-corrected chi connectivity index (χ1v) is 9.86. The van der Waals surface area contributed by atoms with Crippen molar-refractivity contribution < 1.29 is 14.3 Å². The molecular formula is C21H25ClN4O3. The SMILES string of the molecule is COc1ccc(C2CC(=O)NC(c3cc(CNC(=O)C(C)C)ccc3Cl)N2)nc1. The van der Waals surface area contributed by atoms with Crippen LogP contribution in [0.25, 0.3) is 0 Å². The Hall–Kier alpha value is -2.64. The molecule has 1 aliphatic heterocycles. The highest BCUT2D eigenvalue weighted by Gasteiger charge is 2.29. The van der Waals surface area contributed by atoms with Crippen LogP contribution in [0, 0.1) is 5.92 Å². The van der Waals surface area contributed by atoms with Gasteiger partial charge in [0.05, 0.1) is 25.0 Å². The maximum atomic E-state index is 12.3. The fourth-order valence-corrected chi connectivity index (χ4v) is 3.33. The molecule has 1 fully saturated rings. The molecule has 1 aliphatic rings. The average molecular weight is 417 g/mol. The zero-order valence-electron chi connectivity index (χ0n) is 16.7. The van der Waals surface area contributed by atoms with Crippen molar-refractivity contribution >= 4 is 23.4 Å². The van der Waals surface area contributed by atoms with Gasteiger partial charge in [0.25, 0.3) is 0 Å². The summed E-state index contributed by atoms with van der Waals surface area (Å²) >= 11 is 6.41. The van der Waals surface area contributed by atoms with Crippen LogP contribution in [0.5, 0.6) is 5.75 Å². The molecule has 29 heavy (non-hydrogen) atoms. The zero-order chi connectivity index (χ0) is 21.0. The highest BCUT2D eigenvalue weighted by Crippen LogP contribution is 2.29. The number of benzene rings is 1. The standard InChI is InChI=1S/C21H25ClN4O3/c1-12(2)21(28)24-10-13-4-6-16(22)15(8-13)20-25-18(9-19(27)26-20)17-7-5-14(29-3)11-23-17/h4-8,11-12,18,20,25H,9-10H2,1-3H3,(H,24,28)(H,26,27). The molecule has 1 aromatic carbocycles. The maximum Gasteiger partial charge on any atom is 0.223 e. The van der Waals surface area contributed by atoms with E-state index in [4.69, 9.17) is 16.3 Å². The predicted octanol–water partition coefficient (Wildman–Crippen LogP) is 2.87. The Labute approximate surface area is 175 Å². The van der Waals surface area contributed by atoms with Crippen LogP contribution in [0.3, 0.4) is 0 Å². The highest BCUT2D eigenvalue weighted by atomic mass is 35.5. The second kappa shape index (κ2) is 9.24. The molecule has 0 radical (unpaired) electrons. The minimum atomic E-state index is -0.460. The van der Waals surface area contributed by atoms with E-state index in [-0.39, 0.29) is 30.2 Å². The monoisotopic (exact) mass is 416 g/mol. The minimum absolute atomic E-state index is 0.0174. The van der Waals surface area contributed by atoms with Crippen LogP contribution in [-0.2, 0) is 16.1 Å². The number of halogens is 1. The third kappa shape index (κ3) is 5.25. The molecule has 2 unspecified atom stereocenters. The lowest BCUT2D eigenvalue weighted by molar-refractivity contribution is -0.125.